The van der Waals surface area contributed by atoms with Crippen LogP contribution in [0.25, 0.3) is 0 Å². The maximum absolute atomic E-state index is 13.6. The first-order valence-electron chi connectivity index (χ1n) is 10.4. The first-order valence-corrected chi connectivity index (χ1v) is 11.5. The molecule has 7 heteroatoms. The van der Waals surface area contributed by atoms with Gasteiger partial charge < -0.3 is 4.74 Å². The highest BCUT2D eigenvalue weighted by molar-refractivity contribution is 6.35. The number of methoxy groups -OCH3 is 1. The maximum atomic E-state index is 13.6. The summed E-state index contributed by atoms with van der Waals surface area (Å²) in [6.07, 6.45) is 1.11. The van der Waals surface area contributed by atoms with Crippen molar-refractivity contribution in [2.24, 2.45) is 5.41 Å². The summed E-state index contributed by atoms with van der Waals surface area (Å²) in [5.41, 5.74) is 3.22. The number of ether oxygens (including phenoxy) is 1. The molecule has 1 atom stereocenters. The molecule has 2 aliphatic rings. The summed E-state index contributed by atoms with van der Waals surface area (Å²) in [6, 6.07) is 8.74. The molecule has 1 aliphatic heterocycles. The number of Topliss-reactive ketones (excluding diaryl/α,β-unsaturated/α-hetero) is 1. The van der Waals surface area contributed by atoms with Crippen LogP contribution >= 0.6 is 34.8 Å². The lowest BCUT2D eigenvalue weighted by Crippen LogP contribution is -2.44. The summed E-state index contributed by atoms with van der Waals surface area (Å²) < 4.78 is 5.56. The molecule has 2 aromatic rings. The van der Waals surface area contributed by atoms with Crippen molar-refractivity contribution in [1.29, 1.82) is 0 Å². The molecule has 32 heavy (non-hydrogen) atoms. The third-order valence-electron chi connectivity index (χ3n) is 6.18. The topological polar surface area (TPSA) is 46.6 Å². The molecule has 0 radical (unpaired) electrons. The molecule has 0 spiro atoms. The second-order valence-electron chi connectivity index (χ2n) is 9.23. The minimum atomic E-state index is -0.415. The van der Waals surface area contributed by atoms with Gasteiger partial charge in [0.05, 0.1) is 12.8 Å². The average Bonchev–Trinajstić information content (AvgIpc) is 2.68. The van der Waals surface area contributed by atoms with E-state index < -0.39 is 5.92 Å². The number of carbonyl (C=O) groups excluding carboxylic acids is 2. The summed E-state index contributed by atoms with van der Waals surface area (Å²) in [6.45, 7) is 5.96. The SMILES string of the molecule is COc1cc(Cl)c(C)cc1N1C(=O)CC(c2ccc(Cl)cc2Cl)C2=C1CC(C)(C)CC2=O. The number of hydrogen-bond donors (Lipinski definition) is 0. The van der Waals surface area contributed by atoms with Crippen LogP contribution in [-0.2, 0) is 9.59 Å². The van der Waals surface area contributed by atoms with E-state index in [9.17, 15) is 9.59 Å². The summed E-state index contributed by atoms with van der Waals surface area (Å²) in [5, 5.41) is 1.51. The van der Waals surface area contributed by atoms with E-state index in [0.29, 0.717) is 50.6 Å². The van der Waals surface area contributed by atoms with Gasteiger partial charge in [0.1, 0.15) is 5.75 Å². The van der Waals surface area contributed by atoms with Gasteiger partial charge in [-0.25, -0.2) is 0 Å². The molecule has 1 aliphatic carbocycles. The molecule has 4 nitrogen and oxygen atoms in total. The number of amides is 1. The van der Waals surface area contributed by atoms with Crippen LogP contribution < -0.4 is 9.64 Å². The molecule has 4 rings (SSSR count). The van der Waals surface area contributed by atoms with Gasteiger partial charge in [-0.3, -0.25) is 14.5 Å². The van der Waals surface area contributed by atoms with Gasteiger partial charge in [0.15, 0.2) is 5.78 Å². The van der Waals surface area contributed by atoms with E-state index in [-0.39, 0.29) is 23.5 Å². The van der Waals surface area contributed by atoms with E-state index >= 15 is 0 Å². The van der Waals surface area contributed by atoms with Crippen molar-refractivity contribution in [3.8, 4) is 5.75 Å². The molecule has 168 valence electrons. The van der Waals surface area contributed by atoms with E-state index in [1.54, 1.807) is 30.2 Å². The number of allylic oxidation sites excluding steroid dienone is 2. The Kier molecular flexibility index (Phi) is 6.08. The highest BCUT2D eigenvalue weighted by atomic mass is 35.5. The van der Waals surface area contributed by atoms with Crippen LogP contribution in [0.2, 0.25) is 15.1 Å². The molecule has 0 bridgehead atoms. The number of ketones is 1. The van der Waals surface area contributed by atoms with Crippen LogP contribution in [0.15, 0.2) is 41.6 Å². The van der Waals surface area contributed by atoms with Crippen LogP contribution in [0.4, 0.5) is 5.69 Å². The molecule has 0 fully saturated rings. The maximum Gasteiger partial charge on any atom is 0.232 e. The van der Waals surface area contributed by atoms with Gasteiger partial charge in [0, 0.05) is 51.2 Å². The van der Waals surface area contributed by atoms with E-state index in [1.165, 1.54) is 0 Å². The summed E-state index contributed by atoms with van der Waals surface area (Å²) >= 11 is 18.9. The zero-order chi connectivity index (χ0) is 23.4. The van der Waals surface area contributed by atoms with Crippen molar-refractivity contribution < 1.29 is 14.3 Å². The van der Waals surface area contributed by atoms with E-state index in [1.807, 2.05) is 32.9 Å². The van der Waals surface area contributed by atoms with Gasteiger partial charge in [-0.15, -0.1) is 0 Å². The van der Waals surface area contributed by atoms with Crippen LogP contribution in [0, 0.1) is 12.3 Å². The minimum absolute atomic E-state index is 0.0365. The molecule has 0 saturated carbocycles. The smallest absolute Gasteiger partial charge is 0.232 e. The van der Waals surface area contributed by atoms with Crippen molar-refractivity contribution >= 4 is 52.2 Å². The Labute approximate surface area is 203 Å². The molecule has 0 saturated heterocycles. The van der Waals surface area contributed by atoms with Gasteiger partial charge in [-0.05, 0) is 48.1 Å². The minimum Gasteiger partial charge on any atom is -0.495 e. The quantitative estimate of drug-likeness (QED) is 0.458. The fourth-order valence-electron chi connectivity index (χ4n) is 4.73. The zero-order valence-corrected chi connectivity index (χ0v) is 20.7. The first-order chi connectivity index (χ1) is 15.0. The number of nitrogens with zero attached hydrogens (tertiary/aromatic N) is 1. The molecule has 1 unspecified atom stereocenters. The normalized spacial score (nSPS) is 20.5. The highest BCUT2D eigenvalue weighted by Gasteiger charge is 2.45. The van der Waals surface area contributed by atoms with Gasteiger partial charge in [-0.1, -0.05) is 54.7 Å². The largest absolute Gasteiger partial charge is 0.495 e. The van der Waals surface area contributed by atoms with E-state index in [0.717, 1.165) is 11.1 Å². The molecule has 1 heterocycles. The fourth-order valence-corrected chi connectivity index (χ4v) is 5.42. The van der Waals surface area contributed by atoms with Crippen molar-refractivity contribution in [2.75, 3.05) is 12.0 Å². The van der Waals surface area contributed by atoms with Crippen molar-refractivity contribution in [3.05, 3.63) is 67.8 Å². The number of aryl methyl sites for hydroxylation is 1. The fraction of sp³-hybridized carbons (Fsp3) is 0.360. The lowest BCUT2D eigenvalue weighted by atomic mass is 9.69. The Hall–Kier alpha value is -2.01. The van der Waals surface area contributed by atoms with Crippen LogP contribution in [0.3, 0.4) is 0 Å². The first kappa shape index (κ1) is 23.2. The van der Waals surface area contributed by atoms with Gasteiger partial charge in [0.2, 0.25) is 5.91 Å². The zero-order valence-electron chi connectivity index (χ0n) is 18.4. The Bertz CT molecular complexity index is 1170. The number of anilines is 1. The monoisotopic (exact) mass is 491 g/mol. The van der Waals surface area contributed by atoms with Crippen molar-refractivity contribution in [1.82, 2.24) is 0 Å². The lowest BCUT2D eigenvalue weighted by Gasteiger charge is -2.43. The Morgan fingerprint density at radius 3 is 2.41 bits per heavy atom. The Morgan fingerprint density at radius 2 is 1.75 bits per heavy atom. The van der Waals surface area contributed by atoms with Gasteiger partial charge in [0.25, 0.3) is 0 Å². The Morgan fingerprint density at radius 1 is 1.03 bits per heavy atom. The molecule has 0 N–H and O–H groups in total. The standard InChI is InChI=1S/C25H24Cl3NO3/c1-13-7-19(22(32-4)10-17(13)27)29-20-11-25(2,3)12-21(30)24(20)16(9-23(29)31)15-6-5-14(26)8-18(15)28/h5-8,10,16H,9,11-12H2,1-4H3. The van der Waals surface area contributed by atoms with Gasteiger partial charge >= 0.3 is 0 Å². The second-order valence-corrected chi connectivity index (χ2v) is 10.5. The third-order valence-corrected chi connectivity index (χ3v) is 7.15. The number of rotatable bonds is 3. The molecular weight excluding hydrogens is 469 g/mol. The summed E-state index contributed by atoms with van der Waals surface area (Å²) in [5.74, 6) is -0.0131. The molecular formula is C25H24Cl3NO3. The Balaban J connectivity index is 1.96. The average molecular weight is 493 g/mol. The summed E-state index contributed by atoms with van der Waals surface area (Å²) in [4.78, 5) is 28.7. The van der Waals surface area contributed by atoms with Gasteiger partial charge in [-0.2, -0.15) is 0 Å². The molecule has 2 aromatic carbocycles. The van der Waals surface area contributed by atoms with Crippen molar-refractivity contribution in [3.63, 3.8) is 0 Å². The van der Waals surface area contributed by atoms with E-state index in [4.69, 9.17) is 39.5 Å². The highest BCUT2D eigenvalue weighted by Crippen LogP contribution is 2.50. The number of carbonyl (C=O) groups is 2. The number of halogens is 3. The predicted molar refractivity (Wildman–Crippen MR) is 129 cm³/mol. The number of hydrogen-bond acceptors (Lipinski definition) is 3. The second kappa shape index (κ2) is 8.40. The third kappa shape index (κ3) is 4.05. The molecule has 1 amide bonds. The lowest BCUT2D eigenvalue weighted by molar-refractivity contribution is -0.121. The predicted octanol–water partition coefficient (Wildman–Crippen LogP) is 7.13. The van der Waals surface area contributed by atoms with Crippen LogP contribution in [-0.4, -0.2) is 18.8 Å². The molecule has 0 aromatic heterocycles. The van der Waals surface area contributed by atoms with Crippen LogP contribution in [0.1, 0.15) is 50.2 Å². The van der Waals surface area contributed by atoms with Crippen molar-refractivity contribution in [2.45, 2.75) is 46.0 Å². The van der Waals surface area contributed by atoms with E-state index in [2.05, 4.69) is 0 Å². The summed E-state index contributed by atoms with van der Waals surface area (Å²) in [7, 11) is 1.54. The van der Waals surface area contributed by atoms with Crippen LogP contribution in [0.5, 0.6) is 5.75 Å². The number of benzene rings is 2.